The Morgan fingerprint density at radius 3 is 2.48 bits per heavy atom. The van der Waals surface area contributed by atoms with Crippen LogP contribution in [0.4, 0.5) is 5.69 Å². The van der Waals surface area contributed by atoms with Gasteiger partial charge in [0.2, 0.25) is 0 Å². The standard InChI is InChI=1S/C25H27N5O3/c1-17-24(18(2)30(28-17)16-20-9-10-22(32-3)23(14-20)33-4)27-25(31)21-8-5-7-19(13-21)15-29-12-6-11-26-29/h5-14H,15-16H2,1-4H3,(H,27,31). The van der Waals surface area contributed by atoms with Gasteiger partial charge < -0.3 is 14.8 Å². The minimum atomic E-state index is -0.172. The highest BCUT2D eigenvalue weighted by molar-refractivity contribution is 6.05. The summed E-state index contributed by atoms with van der Waals surface area (Å²) >= 11 is 0. The Labute approximate surface area is 192 Å². The monoisotopic (exact) mass is 445 g/mol. The molecule has 2 aromatic carbocycles. The van der Waals surface area contributed by atoms with Gasteiger partial charge in [-0.05, 0) is 55.3 Å². The number of hydrogen-bond donors (Lipinski definition) is 1. The molecular formula is C25H27N5O3. The van der Waals surface area contributed by atoms with Gasteiger partial charge in [-0.2, -0.15) is 10.2 Å². The molecule has 0 aliphatic carbocycles. The van der Waals surface area contributed by atoms with E-state index < -0.39 is 0 Å². The van der Waals surface area contributed by atoms with Crippen molar-refractivity contribution in [3.8, 4) is 11.5 Å². The number of rotatable bonds is 8. The molecule has 4 rings (SSSR count). The second-order valence-electron chi connectivity index (χ2n) is 7.75. The van der Waals surface area contributed by atoms with Crippen molar-refractivity contribution in [2.45, 2.75) is 26.9 Å². The molecule has 0 fully saturated rings. The second kappa shape index (κ2) is 9.60. The van der Waals surface area contributed by atoms with E-state index in [4.69, 9.17) is 9.47 Å². The molecule has 0 spiro atoms. The lowest BCUT2D eigenvalue weighted by molar-refractivity contribution is 0.102. The number of amides is 1. The minimum absolute atomic E-state index is 0.172. The van der Waals surface area contributed by atoms with E-state index in [1.54, 1.807) is 26.5 Å². The van der Waals surface area contributed by atoms with Crippen molar-refractivity contribution < 1.29 is 14.3 Å². The normalized spacial score (nSPS) is 10.8. The Kier molecular flexibility index (Phi) is 6.44. The SMILES string of the molecule is COc1ccc(Cn2nc(C)c(NC(=O)c3cccc(Cn4cccn4)c3)c2C)cc1OC. The summed E-state index contributed by atoms with van der Waals surface area (Å²) in [6.45, 7) is 4.99. The smallest absolute Gasteiger partial charge is 0.255 e. The predicted molar refractivity (Wildman–Crippen MR) is 126 cm³/mol. The maximum atomic E-state index is 13.0. The molecule has 2 aromatic heterocycles. The van der Waals surface area contributed by atoms with Gasteiger partial charge in [-0.1, -0.05) is 18.2 Å². The summed E-state index contributed by atoms with van der Waals surface area (Å²) in [5.74, 6) is 1.17. The maximum Gasteiger partial charge on any atom is 0.255 e. The summed E-state index contributed by atoms with van der Waals surface area (Å²) in [6.07, 6.45) is 3.63. The number of carbonyl (C=O) groups is 1. The third-order valence-electron chi connectivity index (χ3n) is 5.49. The number of aryl methyl sites for hydroxylation is 1. The highest BCUT2D eigenvalue weighted by Crippen LogP contribution is 2.29. The number of carbonyl (C=O) groups excluding carboxylic acids is 1. The zero-order chi connectivity index (χ0) is 23.4. The summed E-state index contributed by atoms with van der Waals surface area (Å²) in [6, 6.07) is 15.2. The van der Waals surface area contributed by atoms with Crippen LogP contribution >= 0.6 is 0 Å². The number of ether oxygens (including phenoxy) is 2. The molecular weight excluding hydrogens is 418 g/mol. The van der Waals surface area contributed by atoms with E-state index in [0.717, 1.165) is 28.2 Å². The van der Waals surface area contributed by atoms with E-state index in [2.05, 4.69) is 15.5 Å². The Morgan fingerprint density at radius 1 is 0.970 bits per heavy atom. The summed E-state index contributed by atoms with van der Waals surface area (Å²) in [5, 5.41) is 11.9. The number of hydrogen-bond acceptors (Lipinski definition) is 5. The number of anilines is 1. The minimum Gasteiger partial charge on any atom is -0.493 e. The largest absolute Gasteiger partial charge is 0.493 e. The first kappa shape index (κ1) is 22.1. The fraction of sp³-hybridized carbons (Fsp3) is 0.240. The van der Waals surface area contributed by atoms with Gasteiger partial charge >= 0.3 is 0 Å². The van der Waals surface area contributed by atoms with Gasteiger partial charge in [0.25, 0.3) is 5.91 Å². The fourth-order valence-electron chi connectivity index (χ4n) is 3.76. The topological polar surface area (TPSA) is 83.2 Å². The van der Waals surface area contributed by atoms with Gasteiger partial charge in [0.05, 0.1) is 44.4 Å². The zero-order valence-electron chi connectivity index (χ0n) is 19.2. The molecule has 33 heavy (non-hydrogen) atoms. The number of aromatic nitrogens is 4. The molecule has 0 unspecified atom stereocenters. The average Bonchev–Trinajstić information content (AvgIpc) is 3.42. The Morgan fingerprint density at radius 2 is 1.76 bits per heavy atom. The van der Waals surface area contributed by atoms with Crippen LogP contribution in [0.1, 0.15) is 32.9 Å². The molecule has 0 bridgehead atoms. The zero-order valence-corrected chi connectivity index (χ0v) is 19.2. The van der Waals surface area contributed by atoms with E-state index in [-0.39, 0.29) is 5.91 Å². The summed E-state index contributed by atoms with van der Waals surface area (Å²) in [5.41, 5.74) is 4.97. The molecule has 0 aliphatic heterocycles. The highest BCUT2D eigenvalue weighted by Gasteiger charge is 2.16. The van der Waals surface area contributed by atoms with Crippen LogP contribution in [0.3, 0.4) is 0 Å². The highest BCUT2D eigenvalue weighted by atomic mass is 16.5. The summed E-state index contributed by atoms with van der Waals surface area (Å²) in [7, 11) is 3.23. The number of methoxy groups -OCH3 is 2. The number of nitrogens with zero attached hydrogens (tertiary/aromatic N) is 4. The molecule has 8 nitrogen and oxygen atoms in total. The third kappa shape index (κ3) is 4.90. The van der Waals surface area contributed by atoms with E-state index in [9.17, 15) is 4.79 Å². The Hall–Kier alpha value is -4.07. The number of nitrogens with one attached hydrogen (secondary N) is 1. The van der Waals surface area contributed by atoms with Crippen molar-refractivity contribution in [3.05, 3.63) is 89.0 Å². The van der Waals surface area contributed by atoms with Crippen LogP contribution in [0.5, 0.6) is 11.5 Å². The van der Waals surface area contributed by atoms with E-state index in [0.29, 0.717) is 30.2 Å². The Bertz CT molecular complexity index is 1260. The lowest BCUT2D eigenvalue weighted by Gasteiger charge is -2.11. The maximum absolute atomic E-state index is 13.0. The molecule has 0 saturated heterocycles. The lowest BCUT2D eigenvalue weighted by Crippen LogP contribution is -2.14. The van der Waals surface area contributed by atoms with Crippen LogP contribution < -0.4 is 14.8 Å². The predicted octanol–water partition coefficient (Wildman–Crippen LogP) is 4.06. The van der Waals surface area contributed by atoms with Gasteiger partial charge in [-0.3, -0.25) is 14.2 Å². The fourth-order valence-corrected chi connectivity index (χ4v) is 3.76. The molecule has 8 heteroatoms. The Balaban J connectivity index is 1.51. The van der Waals surface area contributed by atoms with Crippen molar-refractivity contribution in [1.29, 1.82) is 0 Å². The first-order chi connectivity index (χ1) is 16.0. The van der Waals surface area contributed by atoms with E-state index in [1.165, 1.54) is 0 Å². The first-order valence-electron chi connectivity index (χ1n) is 10.6. The van der Waals surface area contributed by atoms with Gasteiger partial charge in [-0.15, -0.1) is 0 Å². The van der Waals surface area contributed by atoms with Crippen LogP contribution in [0.15, 0.2) is 60.9 Å². The van der Waals surface area contributed by atoms with Crippen LogP contribution in [0.2, 0.25) is 0 Å². The molecule has 0 atom stereocenters. The van der Waals surface area contributed by atoms with Gasteiger partial charge in [0.1, 0.15) is 0 Å². The first-order valence-corrected chi connectivity index (χ1v) is 10.6. The van der Waals surface area contributed by atoms with Crippen LogP contribution in [-0.2, 0) is 13.1 Å². The van der Waals surface area contributed by atoms with Gasteiger partial charge in [0.15, 0.2) is 11.5 Å². The van der Waals surface area contributed by atoms with Crippen molar-refractivity contribution in [2.24, 2.45) is 0 Å². The summed E-state index contributed by atoms with van der Waals surface area (Å²) in [4.78, 5) is 13.0. The van der Waals surface area contributed by atoms with Crippen LogP contribution in [0.25, 0.3) is 0 Å². The molecule has 2 heterocycles. The molecule has 0 saturated carbocycles. The van der Waals surface area contributed by atoms with Crippen LogP contribution in [0, 0.1) is 13.8 Å². The van der Waals surface area contributed by atoms with Gasteiger partial charge in [0, 0.05) is 18.0 Å². The van der Waals surface area contributed by atoms with Crippen molar-refractivity contribution in [2.75, 3.05) is 19.5 Å². The van der Waals surface area contributed by atoms with E-state index in [1.807, 2.05) is 71.9 Å². The lowest BCUT2D eigenvalue weighted by atomic mass is 10.1. The van der Waals surface area contributed by atoms with Crippen molar-refractivity contribution in [3.63, 3.8) is 0 Å². The van der Waals surface area contributed by atoms with Gasteiger partial charge in [-0.25, -0.2) is 0 Å². The molecule has 0 aliphatic rings. The van der Waals surface area contributed by atoms with Crippen molar-refractivity contribution >= 4 is 11.6 Å². The molecule has 1 amide bonds. The summed E-state index contributed by atoms with van der Waals surface area (Å²) < 4.78 is 14.4. The average molecular weight is 446 g/mol. The molecule has 4 aromatic rings. The quantitative estimate of drug-likeness (QED) is 0.442. The molecule has 170 valence electrons. The van der Waals surface area contributed by atoms with Crippen molar-refractivity contribution in [1.82, 2.24) is 19.6 Å². The van der Waals surface area contributed by atoms with E-state index >= 15 is 0 Å². The molecule has 1 N–H and O–H groups in total. The number of benzene rings is 2. The van der Waals surface area contributed by atoms with Crippen LogP contribution in [-0.4, -0.2) is 39.7 Å². The molecule has 0 radical (unpaired) electrons. The second-order valence-corrected chi connectivity index (χ2v) is 7.75. The third-order valence-corrected chi connectivity index (χ3v) is 5.49.